The zero-order valence-corrected chi connectivity index (χ0v) is 14.4. The third-order valence-electron chi connectivity index (χ3n) is 4.10. The van der Waals surface area contributed by atoms with Crippen LogP contribution in [0.4, 0.5) is 0 Å². The van der Waals surface area contributed by atoms with Crippen LogP contribution in [0.25, 0.3) is 0 Å². The lowest BCUT2D eigenvalue weighted by molar-refractivity contribution is -0.167. The fraction of sp³-hybridized carbons (Fsp3) is 0.824. The van der Waals surface area contributed by atoms with Crippen LogP contribution in [0.5, 0.6) is 0 Å². The van der Waals surface area contributed by atoms with Gasteiger partial charge in [-0.25, -0.2) is 0 Å². The van der Waals surface area contributed by atoms with Crippen molar-refractivity contribution in [2.24, 2.45) is 23.2 Å². The summed E-state index contributed by atoms with van der Waals surface area (Å²) in [6, 6.07) is 1.89. The number of nitrogens with zero attached hydrogens (tertiary/aromatic N) is 1. The summed E-state index contributed by atoms with van der Waals surface area (Å²) in [6.07, 6.45) is 3.90. The van der Waals surface area contributed by atoms with Gasteiger partial charge in [-0.15, -0.1) is 0 Å². The number of ether oxygens (including phenoxy) is 1. The molecule has 0 saturated carbocycles. The Morgan fingerprint density at radius 1 is 1.18 bits per heavy atom. The van der Waals surface area contributed by atoms with Crippen LogP contribution < -0.4 is 0 Å². The molecule has 2 atom stereocenters. The molecular formula is C17H29NO4. The SMILES string of the molecule is CCCCCCOC(=O)C(C(C)C)C(C#N)(C(=O)O)C(C)C. The van der Waals surface area contributed by atoms with Gasteiger partial charge in [-0.3, -0.25) is 9.59 Å². The van der Waals surface area contributed by atoms with Crippen LogP contribution in [-0.2, 0) is 14.3 Å². The van der Waals surface area contributed by atoms with Gasteiger partial charge in [0.15, 0.2) is 5.41 Å². The summed E-state index contributed by atoms with van der Waals surface area (Å²) in [6.45, 7) is 9.18. The summed E-state index contributed by atoms with van der Waals surface area (Å²) in [5.41, 5.74) is -1.76. The highest BCUT2D eigenvalue weighted by Crippen LogP contribution is 2.41. The Morgan fingerprint density at radius 3 is 2.14 bits per heavy atom. The summed E-state index contributed by atoms with van der Waals surface area (Å²) in [4.78, 5) is 24.1. The zero-order chi connectivity index (χ0) is 17.3. The highest BCUT2D eigenvalue weighted by atomic mass is 16.5. The molecular weight excluding hydrogens is 282 g/mol. The van der Waals surface area contributed by atoms with E-state index < -0.39 is 29.2 Å². The van der Waals surface area contributed by atoms with E-state index in [9.17, 15) is 20.0 Å². The van der Waals surface area contributed by atoms with Gasteiger partial charge in [0.2, 0.25) is 0 Å². The number of carbonyl (C=O) groups is 2. The maximum atomic E-state index is 12.4. The van der Waals surface area contributed by atoms with Crippen molar-refractivity contribution >= 4 is 11.9 Å². The van der Waals surface area contributed by atoms with E-state index in [4.69, 9.17) is 4.74 Å². The Labute approximate surface area is 133 Å². The molecule has 126 valence electrons. The normalized spacial score (nSPS) is 15.2. The molecule has 0 aromatic heterocycles. The first kappa shape index (κ1) is 20.4. The average molecular weight is 311 g/mol. The first-order valence-electron chi connectivity index (χ1n) is 8.06. The van der Waals surface area contributed by atoms with E-state index in [0.717, 1.165) is 25.7 Å². The molecule has 1 N–H and O–H groups in total. The van der Waals surface area contributed by atoms with E-state index in [1.54, 1.807) is 27.7 Å². The molecule has 0 rings (SSSR count). The second kappa shape index (κ2) is 9.45. The lowest BCUT2D eigenvalue weighted by Gasteiger charge is -2.35. The maximum absolute atomic E-state index is 12.4. The van der Waals surface area contributed by atoms with Crippen molar-refractivity contribution in [1.29, 1.82) is 5.26 Å². The quantitative estimate of drug-likeness (QED) is 0.491. The van der Waals surface area contributed by atoms with Gasteiger partial charge >= 0.3 is 11.9 Å². The molecule has 0 spiro atoms. The highest BCUT2D eigenvalue weighted by Gasteiger charge is 2.54. The Bertz CT molecular complexity index is 411. The van der Waals surface area contributed by atoms with Gasteiger partial charge in [-0.05, 0) is 18.3 Å². The molecule has 2 unspecified atom stereocenters. The van der Waals surface area contributed by atoms with Crippen LogP contribution in [0.3, 0.4) is 0 Å². The Kier molecular flexibility index (Phi) is 8.77. The number of aliphatic carboxylic acids is 1. The topological polar surface area (TPSA) is 87.4 Å². The first-order chi connectivity index (χ1) is 10.3. The van der Waals surface area contributed by atoms with Gasteiger partial charge < -0.3 is 9.84 Å². The van der Waals surface area contributed by atoms with Gasteiger partial charge in [0, 0.05) is 0 Å². The van der Waals surface area contributed by atoms with Gasteiger partial charge in [-0.2, -0.15) is 5.26 Å². The number of unbranched alkanes of at least 4 members (excludes halogenated alkanes) is 3. The number of hydrogen-bond donors (Lipinski definition) is 1. The molecule has 0 fully saturated rings. The number of rotatable bonds is 10. The van der Waals surface area contributed by atoms with Gasteiger partial charge in [0.25, 0.3) is 0 Å². The second-order valence-electron chi connectivity index (χ2n) is 6.39. The van der Waals surface area contributed by atoms with Crippen molar-refractivity contribution in [3.05, 3.63) is 0 Å². The number of carboxylic acid groups (broad SMARTS) is 1. The fourth-order valence-electron chi connectivity index (χ4n) is 2.76. The van der Waals surface area contributed by atoms with Crippen molar-refractivity contribution in [2.75, 3.05) is 6.61 Å². The minimum Gasteiger partial charge on any atom is -0.480 e. The smallest absolute Gasteiger partial charge is 0.325 e. The van der Waals surface area contributed by atoms with Crippen LogP contribution in [0, 0.1) is 34.5 Å². The predicted molar refractivity (Wildman–Crippen MR) is 83.9 cm³/mol. The summed E-state index contributed by atoms with van der Waals surface area (Å²) in [5, 5.41) is 19.1. The second-order valence-corrected chi connectivity index (χ2v) is 6.39. The van der Waals surface area contributed by atoms with Crippen LogP contribution >= 0.6 is 0 Å². The number of hydrogen-bond acceptors (Lipinski definition) is 4. The summed E-state index contributed by atoms with van der Waals surface area (Å²) < 4.78 is 5.27. The Balaban J connectivity index is 5.15. The van der Waals surface area contributed by atoms with Crippen molar-refractivity contribution < 1.29 is 19.4 Å². The molecule has 0 radical (unpaired) electrons. The van der Waals surface area contributed by atoms with E-state index in [1.807, 2.05) is 6.07 Å². The van der Waals surface area contributed by atoms with Crippen LogP contribution in [0.15, 0.2) is 0 Å². The molecule has 22 heavy (non-hydrogen) atoms. The van der Waals surface area contributed by atoms with Crippen molar-refractivity contribution in [3.8, 4) is 6.07 Å². The molecule has 0 saturated heterocycles. The predicted octanol–water partition coefficient (Wildman–Crippen LogP) is 3.63. The molecule has 0 aliphatic carbocycles. The van der Waals surface area contributed by atoms with Crippen molar-refractivity contribution in [2.45, 2.75) is 60.3 Å². The van der Waals surface area contributed by atoms with E-state index in [0.29, 0.717) is 0 Å². The lowest BCUT2D eigenvalue weighted by atomic mass is 9.64. The molecule has 0 aromatic rings. The van der Waals surface area contributed by atoms with Gasteiger partial charge in [0.1, 0.15) is 0 Å². The zero-order valence-electron chi connectivity index (χ0n) is 14.4. The van der Waals surface area contributed by atoms with Crippen molar-refractivity contribution in [3.63, 3.8) is 0 Å². The Morgan fingerprint density at radius 2 is 1.77 bits per heavy atom. The third kappa shape index (κ3) is 4.72. The summed E-state index contributed by atoms with van der Waals surface area (Å²) >= 11 is 0. The molecule has 5 heteroatoms. The largest absolute Gasteiger partial charge is 0.480 e. The molecule has 0 heterocycles. The summed E-state index contributed by atoms with van der Waals surface area (Å²) in [7, 11) is 0. The number of carbonyl (C=O) groups excluding carboxylic acids is 1. The average Bonchev–Trinajstić information content (AvgIpc) is 2.42. The maximum Gasteiger partial charge on any atom is 0.325 e. The van der Waals surface area contributed by atoms with Crippen molar-refractivity contribution in [1.82, 2.24) is 0 Å². The van der Waals surface area contributed by atoms with E-state index in [1.165, 1.54) is 0 Å². The highest BCUT2D eigenvalue weighted by molar-refractivity contribution is 5.87. The lowest BCUT2D eigenvalue weighted by Crippen LogP contribution is -2.48. The minimum atomic E-state index is -1.76. The van der Waals surface area contributed by atoms with Crippen LogP contribution in [-0.4, -0.2) is 23.7 Å². The first-order valence-corrected chi connectivity index (χ1v) is 8.06. The van der Waals surface area contributed by atoms with Crippen LogP contribution in [0.2, 0.25) is 0 Å². The fourth-order valence-corrected chi connectivity index (χ4v) is 2.76. The van der Waals surface area contributed by atoms with Gasteiger partial charge in [-0.1, -0.05) is 53.9 Å². The van der Waals surface area contributed by atoms with Gasteiger partial charge in [0.05, 0.1) is 18.6 Å². The third-order valence-corrected chi connectivity index (χ3v) is 4.10. The summed E-state index contributed by atoms with van der Waals surface area (Å²) in [5.74, 6) is -3.59. The number of carboxylic acids is 1. The minimum absolute atomic E-state index is 0.279. The molecule has 0 bridgehead atoms. The van der Waals surface area contributed by atoms with E-state index >= 15 is 0 Å². The standard InChI is InChI=1S/C17H29NO4/c1-6-7-8-9-10-22-15(19)14(12(2)3)17(11-18,13(4)5)16(20)21/h12-14H,6-10H2,1-5H3,(H,20,21). The van der Waals surface area contributed by atoms with E-state index in [2.05, 4.69) is 6.92 Å². The number of esters is 1. The monoisotopic (exact) mass is 311 g/mol. The van der Waals surface area contributed by atoms with Crippen LogP contribution in [0.1, 0.15) is 60.3 Å². The van der Waals surface area contributed by atoms with E-state index in [-0.39, 0.29) is 12.5 Å². The molecule has 0 aromatic carbocycles. The molecule has 0 aliphatic rings. The molecule has 0 amide bonds. The molecule has 0 aliphatic heterocycles. The Hall–Kier alpha value is -1.57. The number of nitriles is 1. The molecule has 5 nitrogen and oxygen atoms in total.